The van der Waals surface area contributed by atoms with Crippen molar-refractivity contribution in [3.05, 3.63) is 23.3 Å². The second-order valence-electron chi connectivity index (χ2n) is 7.61. The van der Waals surface area contributed by atoms with Crippen LogP contribution in [-0.2, 0) is 16.0 Å². The fourth-order valence-corrected chi connectivity index (χ4v) is 4.40. The van der Waals surface area contributed by atoms with Gasteiger partial charge in [0.1, 0.15) is 6.61 Å². The molecule has 0 bridgehead atoms. The maximum atomic E-state index is 5.67. The van der Waals surface area contributed by atoms with Gasteiger partial charge in [0.25, 0.3) is 0 Å². The molecule has 7 heteroatoms. The minimum absolute atomic E-state index is 0.346. The number of oxime groups is 1. The topological polar surface area (TPSA) is 55.8 Å². The van der Waals surface area contributed by atoms with Gasteiger partial charge in [-0.05, 0) is 29.7 Å². The Morgan fingerprint density at radius 2 is 1.79 bits per heavy atom. The summed E-state index contributed by atoms with van der Waals surface area (Å²) in [5.74, 6) is 1.61. The highest BCUT2D eigenvalue weighted by Crippen LogP contribution is 2.41. The molecular formula is C21H31N3O4. The Balaban J connectivity index is 1.39. The number of nitrogens with zero attached hydrogens (tertiary/aromatic N) is 3. The second kappa shape index (κ2) is 9.11. The quantitative estimate of drug-likeness (QED) is 0.549. The molecule has 7 nitrogen and oxygen atoms in total. The lowest BCUT2D eigenvalue weighted by Gasteiger charge is -2.41. The number of methoxy groups -OCH3 is 2. The minimum Gasteiger partial charge on any atom is -0.493 e. The molecule has 2 saturated heterocycles. The highest BCUT2D eigenvalue weighted by atomic mass is 16.6. The van der Waals surface area contributed by atoms with Crippen LogP contribution in [0.5, 0.6) is 11.5 Å². The van der Waals surface area contributed by atoms with Gasteiger partial charge in [0.05, 0.1) is 33.1 Å². The van der Waals surface area contributed by atoms with Gasteiger partial charge < -0.3 is 19.0 Å². The van der Waals surface area contributed by atoms with Gasteiger partial charge in [-0.3, -0.25) is 9.80 Å². The van der Waals surface area contributed by atoms with Gasteiger partial charge in [0, 0.05) is 51.6 Å². The number of benzene rings is 1. The Morgan fingerprint density at radius 1 is 1.04 bits per heavy atom. The Kier molecular flexibility index (Phi) is 6.34. The van der Waals surface area contributed by atoms with Gasteiger partial charge in [0.15, 0.2) is 11.5 Å². The normalized spacial score (nSPS) is 24.5. The Morgan fingerprint density at radius 3 is 2.57 bits per heavy atom. The van der Waals surface area contributed by atoms with Gasteiger partial charge in [-0.1, -0.05) is 5.16 Å². The van der Waals surface area contributed by atoms with Crippen LogP contribution in [0.15, 0.2) is 17.3 Å². The smallest absolute Gasteiger partial charge is 0.161 e. The molecule has 3 heterocycles. The van der Waals surface area contributed by atoms with Crippen molar-refractivity contribution in [3.63, 3.8) is 0 Å². The van der Waals surface area contributed by atoms with Crippen molar-refractivity contribution in [1.82, 2.24) is 9.80 Å². The lowest BCUT2D eigenvalue weighted by Crippen LogP contribution is -2.41. The lowest BCUT2D eigenvalue weighted by atomic mass is 9.86. The van der Waals surface area contributed by atoms with Gasteiger partial charge in [-0.15, -0.1) is 0 Å². The molecule has 1 aromatic rings. The fraction of sp³-hybridized carbons (Fsp3) is 0.667. The van der Waals surface area contributed by atoms with Crippen molar-refractivity contribution in [1.29, 1.82) is 0 Å². The van der Waals surface area contributed by atoms with Crippen LogP contribution in [0.25, 0.3) is 0 Å². The minimum atomic E-state index is 0.346. The molecule has 1 aromatic carbocycles. The van der Waals surface area contributed by atoms with E-state index in [9.17, 15) is 0 Å². The van der Waals surface area contributed by atoms with Crippen LogP contribution in [0.1, 0.15) is 30.0 Å². The van der Waals surface area contributed by atoms with E-state index in [0.29, 0.717) is 12.6 Å². The molecule has 0 N–H and O–H groups in total. The zero-order valence-corrected chi connectivity index (χ0v) is 17.0. The summed E-state index contributed by atoms with van der Waals surface area (Å²) in [6.07, 6.45) is 2.95. The SMILES string of the molecule is COc1cc2c(cc1OC)C1C/C(=N/OCCN3CCOCC3)CCN1CC2. The summed E-state index contributed by atoms with van der Waals surface area (Å²) in [5.41, 5.74) is 3.85. The standard InChI is InChI=1S/C21H31N3O4/c1-25-20-13-16-3-5-24-6-4-17(14-19(24)18(16)15-21(20)26-2)22-28-12-9-23-7-10-27-11-8-23/h13,15,19H,3-12,14H2,1-2H3/b22-17+. The number of ether oxygens (including phenoxy) is 3. The molecule has 0 saturated carbocycles. The maximum Gasteiger partial charge on any atom is 0.161 e. The molecule has 0 radical (unpaired) electrons. The first kappa shape index (κ1) is 19.5. The van der Waals surface area contributed by atoms with Gasteiger partial charge in [-0.2, -0.15) is 0 Å². The first-order valence-electron chi connectivity index (χ1n) is 10.2. The first-order chi connectivity index (χ1) is 13.8. The summed E-state index contributed by atoms with van der Waals surface area (Å²) in [5, 5.41) is 4.48. The van der Waals surface area contributed by atoms with Crippen LogP contribution in [0.4, 0.5) is 0 Å². The zero-order valence-electron chi connectivity index (χ0n) is 17.0. The highest BCUT2D eigenvalue weighted by molar-refractivity contribution is 5.85. The summed E-state index contributed by atoms with van der Waals surface area (Å²) < 4.78 is 16.4. The molecule has 154 valence electrons. The Labute approximate surface area is 167 Å². The van der Waals surface area contributed by atoms with E-state index in [4.69, 9.17) is 19.0 Å². The third-order valence-corrected chi connectivity index (χ3v) is 6.03. The van der Waals surface area contributed by atoms with Crippen LogP contribution in [0, 0.1) is 0 Å². The summed E-state index contributed by atoms with van der Waals surface area (Å²) in [4.78, 5) is 10.6. The molecular weight excluding hydrogens is 358 g/mol. The lowest BCUT2D eigenvalue weighted by molar-refractivity contribution is 0.0208. The van der Waals surface area contributed by atoms with Crippen molar-refractivity contribution < 1.29 is 19.0 Å². The van der Waals surface area contributed by atoms with E-state index in [1.165, 1.54) is 11.1 Å². The number of piperidine rings is 1. The van der Waals surface area contributed by atoms with E-state index in [-0.39, 0.29) is 0 Å². The second-order valence-corrected chi connectivity index (χ2v) is 7.61. The Hall–Kier alpha value is -1.83. The number of morpholine rings is 1. The number of fused-ring (bicyclic) bond motifs is 3. The average Bonchev–Trinajstić information content (AvgIpc) is 2.76. The Bertz CT molecular complexity index is 703. The van der Waals surface area contributed by atoms with E-state index >= 15 is 0 Å². The molecule has 0 aliphatic carbocycles. The monoisotopic (exact) mass is 389 g/mol. The highest BCUT2D eigenvalue weighted by Gasteiger charge is 2.33. The molecule has 2 fully saturated rings. The van der Waals surface area contributed by atoms with E-state index in [2.05, 4.69) is 27.1 Å². The van der Waals surface area contributed by atoms with Crippen LogP contribution in [0.2, 0.25) is 0 Å². The number of rotatable bonds is 6. The molecule has 3 aliphatic rings. The third kappa shape index (κ3) is 4.26. The third-order valence-electron chi connectivity index (χ3n) is 6.03. The zero-order chi connectivity index (χ0) is 19.3. The van der Waals surface area contributed by atoms with Crippen LogP contribution >= 0.6 is 0 Å². The van der Waals surface area contributed by atoms with Gasteiger partial charge in [0.2, 0.25) is 0 Å². The molecule has 0 aromatic heterocycles. The van der Waals surface area contributed by atoms with Crippen molar-refractivity contribution in [3.8, 4) is 11.5 Å². The average molecular weight is 389 g/mol. The van der Waals surface area contributed by atoms with E-state index in [0.717, 1.165) is 82.4 Å². The summed E-state index contributed by atoms with van der Waals surface area (Å²) >= 11 is 0. The molecule has 4 rings (SSSR count). The predicted molar refractivity (Wildman–Crippen MR) is 107 cm³/mol. The molecule has 0 spiro atoms. The first-order valence-corrected chi connectivity index (χ1v) is 10.2. The van der Waals surface area contributed by atoms with E-state index in [1.54, 1.807) is 14.2 Å². The molecule has 28 heavy (non-hydrogen) atoms. The van der Waals surface area contributed by atoms with Crippen molar-refractivity contribution in [2.75, 3.05) is 66.8 Å². The molecule has 3 aliphatic heterocycles. The molecule has 1 unspecified atom stereocenters. The van der Waals surface area contributed by atoms with Crippen molar-refractivity contribution >= 4 is 5.71 Å². The number of hydrogen-bond donors (Lipinski definition) is 0. The van der Waals surface area contributed by atoms with Crippen molar-refractivity contribution in [2.24, 2.45) is 5.16 Å². The molecule has 1 atom stereocenters. The van der Waals surface area contributed by atoms with Crippen molar-refractivity contribution in [2.45, 2.75) is 25.3 Å². The van der Waals surface area contributed by atoms with Gasteiger partial charge >= 0.3 is 0 Å². The number of hydrogen-bond acceptors (Lipinski definition) is 7. The fourth-order valence-electron chi connectivity index (χ4n) is 4.40. The predicted octanol–water partition coefficient (Wildman–Crippen LogP) is 2.10. The molecule has 0 amide bonds. The largest absolute Gasteiger partial charge is 0.493 e. The van der Waals surface area contributed by atoms with E-state index in [1.807, 2.05) is 0 Å². The summed E-state index contributed by atoms with van der Waals surface area (Å²) in [6.45, 7) is 7.27. The van der Waals surface area contributed by atoms with Crippen LogP contribution in [-0.4, -0.2) is 82.3 Å². The summed E-state index contributed by atoms with van der Waals surface area (Å²) in [7, 11) is 3.39. The summed E-state index contributed by atoms with van der Waals surface area (Å²) in [6, 6.07) is 4.63. The van der Waals surface area contributed by atoms with E-state index < -0.39 is 0 Å². The van der Waals surface area contributed by atoms with Crippen LogP contribution < -0.4 is 9.47 Å². The van der Waals surface area contributed by atoms with Gasteiger partial charge in [-0.25, -0.2) is 0 Å². The van der Waals surface area contributed by atoms with Crippen LogP contribution in [0.3, 0.4) is 0 Å². The maximum absolute atomic E-state index is 5.67.